The van der Waals surface area contributed by atoms with Crippen LogP contribution in [0.4, 0.5) is 0 Å². The molecule has 1 aliphatic rings. The van der Waals surface area contributed by atoms with Crippen molar-refractivity contribution >= 4 is 5.97 Å². The lowest BCUT2D eigenvalue weighted by Gasteiger charge is -2.31. The molecule has 1 aromatic carbocycles. The monoisotopic (exact) mass is 285 g/mol. The molecule has 0 spiro atoms. The first-order chi connectivity index (χ1) is 10.1. The van der Waals surface area contributed by atoms with E-state index in [4.69, 9.17) is 0 Å². The maximum atomic E-state index is 12.1. The molecule has 21 heavy (non-hydrogen) atoms. The number of aliphatic carboxylic acids is 1. The lowest BCUT2D eigenvalue weighted by atomic mass is 9.89. The van der Waals surface area contributed by atoms with Crippen LogP contribution in [-0.2, 0) is 16.9 Å². The Morgan fingerprint density at radius 1 is 1.38 bits per heavy atom. The first-order valence-corrected chi connectivity index (χ1v) is 7.17. The Bertz CT molecular complexity index is 634. The van der Waals surface area contributed by atoms with E-state index in [1.54, 1.807) is 10.9 Å². The number of carboxylic acids is 1. The highest BCUT2D eigenvalue weighted by Gasteiger charge is 2.45. The molecule has 1 aromatic heterocycles. The van der Waals surface area contributed by atoms with Gasteiger partial charge in [-0.15, -0.1) is 0 Å². The Balaban J connectivity index is 2.03. The van der Waals surface area contributed by atoms with Gasteiger partial charge in [-0.25, -0.2) is 4.79 Å². The van der Waals surface area contributed by atoms with Crippen molar-refractivity contribution in [3.8, 4) is 0 Å². The van der Waals surface area contributed by atoms with E-state index in [0.717, 1.165) is 24.1 Å². The fraction of sp³-hybridized carbons (Fsp3) is 0.375. The fourth-order valence-electron chi connectivity index (χ4n) is 2.56. The lowest BCUT2D eigenvalue weighted by Crippen LogP contribution is -2.53. The third kappa shape index (κ3) is 2.69. The molecule has 1 unspecified atom stereocenters. The van der Waals surface area contributed by atoms with Crippen molar-refractivity contribution in [2.24, 2.45) is 0 Å². The van der Waals surface area contributed by atoms with Crippen LogP contribution in [0.5, 0.6) is 0 Å². The molecule has 0 bridgehead atoms. The van der Waals surface area contributed by atoms with Gasteiger partial charge in [0, 0.05) is 17.9 Å². The van der Waals surface area contributed by atoms with Gasteiger partial charge in [-0.3, -0.25) is 10.00 Å². The number of benzene rings is 1. The minimum Gasteiger partial charge on any atom is -0.480 e. The van der Waals surface area contributed by atoms with E-state index in [1.807, 2.05) is 43.3 Å². The van der Waals surface area contributed by atoms with Gasteiger partial charge in [-0.2, -0.15) is 5.10 Å². The van der Waals surface area contributed by atoms with Gasteiger partial charge >= 0.3 is 5.97 Å². The number of aromatic nitrogens is 2. The topological polar surface area (TPSA) is 67.2 Å². The molecule has 0 amide bonds. The highest BCUT2D eigenvalue weighted by molar-refractivity contribution is 5.81. The molecule has 0 saturated heterocycles. The molecule has 0 aliphatic heterocycles. The minimum absolute atomic E-state index is 0.275. The molecular weight excluding hydrogens is 266 g/mol. The van der Waals surface area contributed by atoms with Gasteiger partial charge in [0.05, 0.1) is 6.54 Å². The zero-order valence-corrected chi connectivity index (χ0v) is 12.0. The highest BCUT2D eigenvalue weighted by atomic mass is 16.4. The fourth-order valence-corrected chi connectivity index (χ4v) is 2.56. The van der Waals surface area contributed by atoms with E-state index < -0.39 is 11.5 Å². The number of hydrogen-bond donors (Lipinski definition) is 2. The molecule has 3 rings (SSSR count). The second-order valence-corrected chi connectivity index (χ2v) is 5.63. The van der Waals surface area contributed by atoms with Crippen molar-refractivity contribution in [1.82, 2.24) is 15.1 Å². The summed E-state index contributed by atoms with van der Waals surface area (Å²) in [6, 6.07) is 11.5. The van der Waals surface area contributed by atoms with Crippen LogP contribution in [0.25, 0.3) is 0 Å². The zero-order chi connectivity index (χ0) is 14.9. The van der Waals surface area contributed by atoms with Crippen LogP contribution in [0.1, 0.15) is 24.1 Å². The van der Waals surface area contributed by atoms with Gasteiger partial charge in [0.2, 0.25) is 0 Å². The second-order valence-electron chi connectivity index (χ2n) is 5.63. The Morgan fingerprint density at radius 3 is 2.62 bits per heavy atom. The van der Waals surface area contributed by atoms with Gasteiger partial charge in [-0.1, -0.05) is 30.3 Å². The van der Waals surface area contributed by atoms with E-state index in [0.29, 0.717) is 0 Å². The smallest absolute Gasteiger partial charge is 0.330 e. The second kappa shape index (κ2) is 5.33. The first-order valence-electron chi connectivity index (χ1n) is 7.17. The average molecular weight is 285 g/mol. The molecule has 1 fully saturated rings. The molecular formula is C16H19N3O2. The zero-order valence-electron chi connectivity index (χ0n) is 12.0. The summed E-state index contributed by atoms with van der Waals surface area (Å²) in [7, 11) is 0. The Kier molecular flexibility index (Phi) is 3.51. The third-order valence-electron chi connectivity index (χ3n) is 3.98. The summed E-state index contributed by atoms with van der Waals surface area (Å²) in [4.78, 5) is 12.1. The van der Waals surface area contributed by atoms with E-state index >= 15 is 0 Å². The molecule has 5 heteroatoms. The Morgan fingerprint density at radius 2 is 2.10 bits per heavy atom. The molecule has 2 aromatic rings. The van der Waals surface area contributed by atoms with Crippen LogP contribution in [0.3, 0.4) is 0 Å². The van der Waals surface area contributed by atoms with Crippen molar-refractivity contribution in [2.45, 2.75) is 37.9 Å². The number of hydrogen-bond acceptors (Lipinski definition) is 3. The van der Waals surface area contributed by atoms with Crippen molar-refractivity contribution in [3.63, 3.8) is 0 Å². The van der Waals surface area contributed by atoms with Crippen LogP contribution < -0.4 is 5.32 Å². The standard InChI is InChI=1S/C16H19N3O2/c1-12-9-10-17-19(12)11-16(15(20)21,18-14-7-8-14)13-5-3-2-4-6-13/h2-6,9-10,14,18H,7-8,11H2,1H3,(H,20,21). The number of nitrogens with zero attached hydrogens (tertiary/aromatic N) is 2. The van der Waals surface area contributed by atoms with Gasteiger partial charge < -0.3 is 5.11 Å². The quantitative estimate of drug-likeness (QED) is 0.851. The number of rotatable bonds is 6. The molecule has 5 nitrogen and oxygen atoms in total. The van der Waals surface area contributed by atoms with Gasteiger partial charge in [0.1, 0.15) is 0 Å². The van der Waals surface area contributed by atoms with Crippen LogP contribution in [0.15, 0.2) is 42.6 Å². The maximum absolute atomic E-state index is 12.1. The molecule has 1 atom stereocenters. The van der Waals surface area contributed by atoms with Gasteiger partial charge in [-0.05, 0) is 31.4 Å². The SMILES string of the molecule is Cc1ccnn1CC(NC1CC1)(C(=O)O)c1ccccc1. The van der Waals surface area contributed by atoms with Crippen LogP contribution >= 0.6 is 0 Å². The van der Waals surface area contributed by atoms with Crippen molar-refractivity contribution in [1.29, 1.82) is 0 Å². The highest BCUT2D eigenvalue weighted by Crippen LogP contribution is 2.30. The average Bonchev–Trinajstić information content (AvgIpc) is 3.21. The van der Waals surface area contributed by atoms with Crippen molar-refractivity contribution in [2.75, 3.05) is 0 Å². The first kappa shape index (κ1) is 13.8. The summed E-state index contributed by atoms with van der Waals surface area (Å²) >= 11 is 0. The van der Waals surface area contributed by atoms with Crippen molar-refractivity contribution in [3.05, 3.63) is 53.9 Å². The summed E-state index contributed by atoms with van der Waals surface area (Å²) in [6.45, 7) is 2.21. The maximum Gasteiger partial charge on any atom is 0.330 e. The summed E-state index contributed by atoms with van der Waals surface area (Å²) in [5.74, 6) is -0.865. The summed E-state index contributed by atoms with van der Waals surface area (Å²) in [5, 5.41) is 17.5. The molecule has 1 saturated carbocycles. The summed E-state index contributed by atoms with van der Waals surface area (Å²) in [5.41, 5.74) is 0.576. The minimum atomic E-state index is -1.14. The van der Waals surface area contributed by atoms with Crippen LogP contribution in [0.2, 0.25) is 0 Å². The predicted molar refractivity (Wildman–Crippen MR) is 78.9 cm³/mol. The van der Waals surface area contributed by atoms with Gasteiger partial charge in [0.15, 0.2) is 5.54 Å². The van der Waals surface area contributed by atoms with Crippen LogP contribution in [-0.4, -0.2) is 26.9 Å². The lowest BCUT2D eigenvalue weighted by molar-refractivity contribution is -0.146. The summed E-state index contributed by atoms with van der Waals surface area (Å²) < 4.78 is 1.75. The Hall–Kier alpha value is -2.14. The normalized spacial score (nSPS) is 17.4. The van der Waals surface area contributed by atoms with E-state index in [9.17, 15) is 9.90 Å². The number of nitrogens with one attached hydrogen (secondary N) is 1. The van der Waals surface area contributed by atoms with Crippen molar-refractivity contribution < 1.29 is 9.90 Å². The molecule has 0 radical (unpaired) electrons. The number of carbonyl (C=O) groups is 1. The molecule has 2 N–H and O–H groups in total. The van der Waals surface area contributed by atoms with E-state index in [-0.39, 0.29) is 12.6 Å². The molecule has 110 valence electrons. The predicted octanol–water partition coefficient (Wildman–Crippen LogP) is 1.92. The van der Waals surface area contributed by atoms with Crippen LogP contribution in [0, 0.1) is 6.92 Å². The molecule has 1 aliphatic carbocycles. The third-order valence-corrected chi connectivity index (χ3v) is 3.98. The largest absolute Gasteiger partial charge is 0.480 e. The number of aryl methyl sites for hydroxylation is 1. The number of carboxylic acid groups (broad SMARTS) is 1. The van der Waals surface area contributed by atoms with Gasteiger partial charge in [0.25, 0.3) is 0 Å². The van der Waals surface area contributed by atoms with E-state index in [2.05, 4.69) is 10.4 Å². The summed E-state index contributed by atoms with van der Waals surface area (Å²) in [6.07, 6.45) is 3.75. The Labute approximate surface area is 123 Å². The van der Waals surface area contributed by atoms with E-state index in [1.165, 1.54) is 0 Å². The molecule has 1 heterocycles.